The van der Waals surface area contributed by atoms with Gasteiger partial charge in [-0.1, -0.05) is 26.2 Å². The van der Waals surface area contributed by atoms with Gasteiger partial charge in [0.2, 0.25) is 0 Å². The van der Waals surface area contributed by atoms with Crippen LogP contribution in [0.25, 0.3) is 0 Å². The Kier molecular flexibility index (Phi) is 3.82. The van der Waals surface area contributed by atoms with Crippen LogP contribution in [-0.4, -0.2) is 37.1 Å². The first kappa shape index (κ1) is 10.4. The highest BCUT2D eigenvalue weighted by Gasteiger charge is 2.23. The molecule has 2 aliphatic rings. The lowest BCUT2D eigenvalue weighted by molar-refractivity contribution is 0.189. The Morgan fingerprint density at radius 2 is 2.14 bits per heavy atom. The van der Waals surface area contributed by atoms with E-state index in [1.807, 2.05) is 0 Å². The van der Waals surface area contributed by atoms with E-state index in [1.54, 1.807) is 0 Å². The molecule has 0 radical (unpaired) electrons. The van der Waals surface area contributed by atoms with E-state index in [2.05, 4.69) is 17.1 Å². The second-order valence-corrected chi connectivity index (χ2v) is 4.97. The molecule has 1 aliphatic heterocycles. The van der Waals surface area contributed by atoms with Crippen LogP contribution in [0.4, 0.5) is 0 Å². The molecular weight excluding hydrogens is 172 g/mol. The zero-order valence-electron chi connectivity index (χ0n) is 9.47. The first-order valence-corrected chi connectivity index (χ1v) is 6.34. The van der Waals surface area contributed by atoms with Crippen molar-refractivity contribution in [2.24, 2.45) is 5.92 Å². The van der Waals surface area contributed by atoms with Crippen molar-refractivity contribution in [3.8, 4) is 0 Å². The van der Waals surface area contributed by atoms with Crippen LogP contribution < -0.4 is 5.32 Å². The average molecular weight is 196 g/mol. The first-order chi connectivity index (χ1) is 6.88. The SMILES string of the molecule is CCCC1CN(CCC2CC2)CCN1. The van der Waals surface area contributed by atoms with Crippen molar-refractivity contribution in [2.45, 2.75) is 45.1 Å². The van der Waals surface area contributed by atoms with Gasteiger partial charge in [-0.15, -0.1) is 0 Å². The Bertz CT molecular complexity index is 164. The fraction of sp³-hybridized carbons (Fsp3) is 1.00. The van der Waals surface area contributed by atoms with Gasteiger partial charge in [0.25, 0.3) is 0 Å². The molecule has 82 valence electrons. The van der Waals surface area contributed by atoms with Crippen molar-refractivity contribution in [3.63, 3.8) is 0 Å². The van der Waals surface area contributed by atoms with Gasteiger partial charge in [0.15, 0.2) is 0 Å². The lowest BCUT2D eigenvalue weighted by Crippen LogP contribution is -2.50. The summed E-state index contributed by atoms with van der Waals surface area (Å²) in [6.07, 6.45) is 7.13. The van der Waals surface area contributed by atoms with Crippen molar-refractivity contribution in [3.05, 3.63) is 0 Å². The summed E-state index contributed by atoms with van der Waals surface area (Å²) < 4.78 is 0. The third kappa shape index (κ3) is 3.25. The van der Waals surface area contributed by atoms with Crippen LogP contribution in [0, 0.1) is 5.92 Å². The fourth-order valence-electron chi connectivity index (χ4n) is 2.41. The lowest BCUT2D eigenvalue weighted by atomic mass is 10.1. The molecule has 2 heteroatoms. The molecule has 1 unspecified atom stereocenters. The Hall–Kier alpha value is -0.0800. The van der Waals surface area contributed by atoms with Crippen molar-refractivity contribution in [1.82, 2.24) is 10.2 Å². The van der Waals surface area contributed by atoms with Crippen molar-refractivity contribution < 1.29 is 0 Å². The molecular formula is C12H24N2. The summed E-state index contributed by atoms with van der Waals surface area (Å²) in [7, 11) is 0. The summed E-state index contributed by atoms with van der Waals surface area (Å²) in [5.74, 6) is 1.09. The van der Waals surface area contributed by atoms with Gasteiger partial charge >= 0.3 is 0 Å². The van der Waals surface area contributed by atoms with Gasteiger partial charge in [0.05, 0.1) is 0 Å². The Balaban J connectivity index is 1.64. The van der Waals surface area contributed by atoms with E-state index in [1.165, 1.54) is 58.3 Å². The van der Waals surface area contributed by atoms with E-state index in [4.69, 9.17) is 0 Å². The van der Waals surface area contributed by atoms with Gasteiger partial charge in [0.1, 0.15) is 0 Å². The summed E-state index contributed by atoms with van der Waals surface area (Å²) in [4.78, 5) is 2.66. The number of hydrogen-bond acceptors (Lipinski definition) is 2. The molecule has 2 rings (SSSR count). The third-order valence-electron chi connectivity index (χ3n) is 3.53. The summed E-state index contributed by atoms with van der Waals surface area (Å²) in [6, 6.07) is 0.771. The summed E-state index contributed by atoms with van der Waals surface area (Å²) >= 11 is 0. The van der Waals surface area contributed by atoms with Crippen molar-refractivity contribution in [1.29, 1.82) is 0 Å². The number of rotatable bonds is 5. The van der Waals surface area contributed by atoms with Crippen LogP contribution in [0.2, 0.25) is 0 Å². The molecule has 14 heavy (non-hydrogen) atoms. The summed E-state index contributed by atoms with van der Waals surface area (Å²) in [6.45, 7) is 7.40. The second kappa shape index (κ2) is 5.13. The van der Waals surface area contributed by atoms with E-state index in [0.29, 0.717) is 0 Å². The predicted molar refractivity (Wildman–Crippen MR) is 60.5 cm³/mol. The molecule has 0 aromatic rings. The normalized spacial score (nSPS) is 29.4. The minimum Gasteiger partial charge on any atom is -0.311 e. The van der Waals surface area contributed by atoms with Gasteiger partial charge in [-0.05, 0) is 25.3 Å². The van der Waals surface area contributed by atoms with Gasteiger partial charge in [-0.3, -0.25) is 0 Å². The average Bonchev–Trinajstić information content (AvgIpc) is 2.99. The van der Waals surface area contributed by atoms with Gasteiger partial charge < -0.3 is 10.2 Å². The monoisotopic (exact) mass is 196 g/mol. The van der Waals surface area contributed by atoms with Crippen LogP contribution in [0.3, 0.4) is 0 Å². The summed E-state index contributed by atoms with van der Waals surface area (Å²) in [5, 5.41) is 3.61. The quantitative estimate of drug-likeness (QED) is 0.722. The number of nitrogens with zero attached hydrogens (tertiary/aromatic N) is 1. The van der Waals surface area contributed by atoms with Gasteiger partial charge in [0, 0.05) is 25.7 Å². The zero-order valence-corrected chi connectivity index (χ0v) is 9.47. The second-order valence-electron chi connectivity index (χ2n) is 4.97. The first-order valence-electron chi connectivity index (χ1n) is 6.34. The van der Waals surface area contributed by atoms with E-state index in [0.717, 1.165) is 12.0 Å². The topological polar surface area (TPSA) is 15.3 Å². The molecule has 1 N–H and O–H groups in total. The minimum absolute atomic E-state index is 0.771. The van der Waals surface area contributed by atoms with Crippen LogP contribution in [0.5, 0.6) is 0 Å². The standard InChI is InChI=1S/C12H24N2/c1-2-3-12-10-14(9-7-13-12)8-6-11-4-5-11/h11-13H,2-10H2,1H3. The predicted octanol–water partition coefficient (Wildman–Crippen LogP) is 1.86. The van der Waals surface area contributed by atoms with E-state index >= 15 is 0 Å². The molecule has 0 aromatic carbocycles. The van der Waals surface area contributed by atoms with Crippen molar-refractivity contribution in [2.75, 3.05) is 26.2 Å². The highest BCUT2D eigenvalue weighted by molar-refractivity contribution is 4.80. The molecule has 2 nitrogen and oxygen atoms in total. The largest absolute Gasteiger partial charge is 0.311 e. The Morgan fingerprint density at radius 3 is 2.86 bits per heavy atom. The maximum atomic E-state index is 3.61. The zero-order chi connectivity index (χ0) is 9.80. The lowest BCUT2D eigenvalue weighted by Gasteiger charge is -2.33. The van der Waals surface area contributed by atoms with Gasteiger partial charge in [-0.25, -0.2) is 0 Å². The van der Waals surface area contributed by atoms with Crippen LogP contribution in [-0.2, 0) is 0 Å². The molecule has 0 bridgehead atoms. The fourth-order valence-corrected chi connectivity index (χ4v) is 2.41. The number of nitrogens with one attached hydrogen (secondary N) is 1. The molecule has 0 spiro atoms. The Morgan fingerprint density at radius 1 is 1.29 bits per heavy atom. The highest BCUT2D eigenvalue weighted by atomic mass is 15.2. The highest BCUT2D eigenvalue weighted by Crippen LogP contribution is 2.32. The molecule has 1 saturated carbocycles. The van der Waals surface area contributed by atoms with Crippen LogP contribution in [0.1, 0.15) is 39.0 Å². The van der Waals surface area contributed by atoms with Gasteiger partial charge in [-0.2, -0.15) is 0 Å². The third-order valence-corrected chi connectivity index (χ3v) is 3.53. The minimum atomic E-state index is 0.771. The van der Waals surface area contributed by atoms with E-state index in [-0.39, 0.29) is 0 Å². The number of hydrogen-bond donors (Lipinski definition) is 1. The maximum Gasteiger partial charge on any atom is 0.0195 e. The molecule has 2 fully saturated rings. The van der Waals surface area contributed by atoms with Crippen LogP contribution >= 0.6 is 0 Å². The smallest absolute Gasteiger partial charge is 0.0195 e. The van der Waals surface area contributed by atoms with Crippen molar-refractivity contribution >= 4 is 0 Å². The molecule has 1 atom stereocenters. The molecule has 0 aromatic heterocycles. The molecule has 1 aliphatic carbocycles. The van der Waals surface area contributed by atoms with E-state index in [9.17, 15) is 0 Å². The molecule has 1 saturated heterocycles. The molecule has 0 amide bonds. The number of piperazine rings is 1. The summed E-state index contributed by atoms with van der Waals surface area (Å²) in [5.41, 5.74) is 0. The van der Waals surface area contributed by atoms with Crippen LogP contribution in [0.15, 0.2) is 0 Å². The Labute approximate surface area is 88.1 Å². The molecule has 1 heterocycles. The maximum absolute atomic E-state index is 3.61. The van der Waals surface area contributed by atoms with E-state index < -0.39 is 0 Å².